The zero-order chi connectivity index (χ0) is 38.8. The molecule has 0 bridgehead atoms. The number of unbranched alkanes of at least 4 members (excludes halogenated alkanes) is 21. The summed E-state index contributed by atoms with van der Waals surface area (Å²) in [6.45, 7) is 3.63. The van der Waals surface area contributed by atoms with Crippen LogP contribution in [0.2, 0.25) is 0 Å². The molecule has 1 aliphatic rings. The van der Waals surface area contributed by atoms with Crippen LogP contribution in [0.15, 0.2) is 36.5 Å². The van der Waals surface area contributed by atoms with Gasteiger partial charge in [-0.05, 0) is 51.4 Å². The molecule has 0 radical (unpaired) electrons. The van der Waals surface area contributed by atoms with E-state index in [1.807, 2.05) is 6.08 Å². The van der Waals surface area contributed by atoms with Crippen molar-refractivity contribution in [1.29, 1.82) is 0 Å². The van der Waals surface area contributed by atoms with Gasteiger partial charge in [-0.25, -0.2) is 0 Å². The van der Waals surface area contributed by atoms with Gasteiger partial charge in [0.1, 0.15) is 24.4 Å². The van der Waals surface area contributed by atoms with Gasteiger partial charge in [0.25, 0.3) is 0 Å². The summed E-state index contributed by atoms with van der Waals surface area (Å²) in [5.41, 5.74) is 0. The van der Waals surface area contributed by atoms with Crippen LogP contribution in [0.25, 0.3) is 0 Å². The third-order valence-electron chi connectivity index (χ3n) is 10.2. The number of hydrogen-bond donors (Lipinski definition) is 6. The Morgan fingerprint density at radius 1 is 0.623 bits per heavy atom. The first-order valence-electron chi connectivity index (χ1n) is 21.7. The number of hydrogen-bond acceptors (Lipinski definition) is 8. The lowest BCUT2D eigenvalue weighted by atomic mass is 9.99. The Labute approximate surface area is 323 Å². The van der Waals surface area contributed by atoms with E-state index in [-0.39, 0.29) is 12.5 Å². The van der Waals surface area contributed by atoms with E-state index < -0.39 is 49.5 Å². The lowest BCUT2D eigenvalue weighted by Gasteiger charge is -2.40. The molecule has 1 aliphatic heterocycles. The molecule has 0 saturated carbocycles. The average molecular weight is 752 g/mol. The molecule has 0 aromatic carbocycles. The zero-order valence-corrected chi connectivity index (χ0v) is 33.8. The van der Waals surface area contributed by atoms with E-state index in [4.69, 9.17) is 9.47 Å². The summed E-state index contributed by atoms with van der Waals surface area (Å²) in [6, 6.07) is -0.817. The van der Waals surface area contributed by atoms with Gasteiger partial charge in [-0.15, -0.1) is 0 Å². The lowest BCUT2D eigenvalue weighted by Crippen LogP contribution is -2.60. The number of amides is 1. The number of aliphatic hydroxyl groups excluding tert-OH is 5. The molecule has 9 nitrogen and oxygen atoms in total. The van der Waals surface area contributed by atoms with Crippen molar-refractivity contribution in [2.45, 2.75) is 224 Å². The first-order chi connectivity index (χ1) is 25.8. The minimum absolute atomic E-state index is 0.193. The van der Waals surface area contributed by atoms with Gasteiger partial charge in [0.15, 0.2) is 6.29 Å². The summed E-state index contributed by atoms with van der Waals surface area (Å²) in [6.07, 6.45) is 35.1. The molecule has 1 fully saturated rings. The van der Waals surface area contributed by atoms with Gasteiger partial charge in [-0.2, -0.15) is 0 Å². The van der Waals surface area contributed by atoms with Crippen LogP contribution in [-0.2, 0) is 14.3 Å². The minimum Gasteiger partial charge on any atom is -0.394 e. The first kappa shape index (κ1) is 49.4. The third-order valence-corrected chi connectivity index (χ3v) is 10.2. The Kier molecular flexibility index (Phi) is 32.5. The molecule has 0 aromatic heterocycles. The van der Waals surface area contributed by atoms with Gasteiger partial charge in [0.2, 0.25) is 5.91 Å². The summed E-state index contributed by atoms with van der Waals surface area (Å²) in [5, 5.41) is 53.8. The molecular weight excluding hydrogens is 670 g/mol. The van der Waals surface area contributed by atoms with Crippen LogP contribution in [0.1, 0.15) is 181 Å². The summed E-state index contributed by atoms with van der Waals surface area (Å²) in [5.74, 6) is -0.193. The molecule has 0 aliphatic carbocycles. The SMILES string of the molecule is CCC/C=C/CC/C=C/C(O)C(COC1OC(CO)C(O)C(O)C1O)NC(=O)CCCCCCCCCCCCC/C=C\CCCCCCCCCC. The zero-order valence-electron chi connectivity index (χ0n) is 33.8. The molecule has 7 atom stereocenters. The highest BCUT2D eigenvalue weighted by Crippen LogP contribution is 2.22. The predicted octanol–water partition coefficient (Wildman–Crippen LogP) is 8.50. The van der Waals surface area contributed by atoms with Crippen molar-refractivity contribution in [3.63, 3.8) is 0 Å². The molecule has 1 saturated heterocycles. The fourth-order valence-corrected chi connectivity index (χ4v) is 6.64. The smallest absolute Gasteiger partial charge is 0.220 e. The number of allylic oxidation sites excluding steroid dienone is 5. The highest BCUT2D eigenvalue weighted by atomic mass is 16.7. The van der Waals surface area contributed by atoms with E-state index in [1.54, 1.807) is 6.08 Å². The maximum Gasteiger partial charge on any atom is 0.220 e. The summed E-state index contributed by atoms with van der Waals surface area (Å²) < 4.78 is 11.1. The molecule has 1 rings (SSSR count). The number of rotatable bonds is 35. The molecule has 0 aromatic rings. The monoisotopic (exact) mass is 752 g/mol. The largest absolute Gasteiger partial charge is 0.394 e. The van der Waals surface area contributed by atoms with Crippen molar-refractivity contribution >= 4 is 5.91 Å². The van der Waals surface area contributed by atoms with Crippen LogP contribution in [0.5, 0.6) is 0 Å². The molecule has 310 valence electrons. The number of carbonyl (C=O) groups is 1. The van der Waals surface area contributed by atoms with Crippen LogP contribution in [-0.4, -0.2) is 87.5 Å². The average Bonchev–Trinajstić information content (AvgIpc) is 3.16. The minimum atomic E-state index is -1.57. The number of carbonyl (C=O) groups excluding carboxylic acids is 1. The maximum atomic E-state index is 12.9. The number of nitrogens with one attached hydrogen (secondary N) is 1. The third kappa shape index (κ3) is 26.0. The molecular formula is C44H81NO8. The van der Waals surface area contributed by atoms with Gasteiger partial charge < -0.3 is 40.3 Å². The molecule has 9 heteroatoms. The molecule has 1 amide bonds. The second-order valence-corrected chi connectivity index (χ2v) is 15.1. The van der Waals surface area contributed by atoms with Gasteiger partial charge >= 0.3 is 0 Å². The van der Waals surface area contributed by atoms with E-state index in [0.29, 0.717) is 6.42 Å². The Balaban J connectivity index is 2.22. The fourth-order valence-electron chi connectivity index (χ4n) is 6.64. The van der Waals surface area contributed by atoms with Gasteiger partial charge in [-0.1, -0.05) is 159 Å². The van der Waals surface area contributed by atoms with E-state index in [0.717, 1.165) is 44.9 Å². The fraction of sp³-hybridized carbons (Fsp3) is 0.841. The lowest BCUT2D eigenvalue weighted by molar-refractivity contribution is -0.302. The van der Waals surface area contributed by atoms with E-state index >= 15 is 0 Å². The maximum absolute atomic E-state index is 12.9. The van der Waals surface area contributed by atoms with Gasteiger partial charge in [-0.3, -0.25) is 4.79 Å². The van der Waals surface area contributed by atoms with Crippen molar-refractivity contribution in [2.24, 2.45) is 0 Å². The molecule has 7 unspecified atom stereocenters. The van der Waals surface area contributed by atoms with Crippen LogP contribution in [0.4, 0.5) is 0 Å². The second kappa shape index (κ2) is 34.9. The quantitative estimate of drug-likeness (QED) is 0.0279. The second-order valence-electron chi connectivity index (χ2n) is 15.1. The van der Waals surface area contributed by atoms with E-state index in [9.17, 15) is 30.3 Å². The number of aliphatic hydroxyl groups is 5. The van der Waals surface area contributed by atoms with Crippen LogP contribution in [0.3, 0.4) is 0 Å². The Morgan fingerprint density at radius 2 is 1.11 bits per heavy atom. The summed E-state index contributed by atoms with van der Waals surface area (Å²) in [4.78, 5) is 12.9. The van der Waals surface area contributed by atoms with E-state index in [2.05, 4.69) is 43.5 Å². The molecule has 0 spiro atoms. The first-order valence-corrected chi connectivity index (χ1v) is 21.7. The van der Waals surface area contributed by atoms with Crippen molar-refractivity contribution in [1.82, 2.24) is 5.32 Å². The highest BCUT2D eigenvalue weighted by molar-refractivity contribution is 5.76. The van der Waals surface area contributed by atoms with Gasteiger partial charge in [0.05, 0.1) is 25.4 Å². The Hall–Kier alpha value is -1.59. The van der Waals surface area contributed by atoms with Crippen molar-refractivity contribution < 1.29 is 39.8 Å². The van der Waals surface area contributed by atoms with Crippen LogP contribution < -0.4 is 5.32 Å². The Bertz CT molecular complexity index is 925. The Morgan fingerprint density at radius 3 is 1.66 bits per heavy atom. The molecule has 6 N–H and O–H groups in total. The number of ether oxygens (including phenoxy) is 2. The summed E-state index contributed by atoms with van der Waals surface area (Å²) >= 11 is 0. The van der Waals surface area contributed by atoms with Crippen LogP contribution in [0, 0.1) is 0 Å². The standard InChI is InChI=1S/C44H81NO8/c1-3-5-7-9-11-12-13-14-15-16-17-18-19-20-21-22-23-24-25-26-28-30-32-34-40(48)45-37(38(47)33-31-29-27-10-8-6-4-2)36-52-44-43(51)42(50)41(49)39(35-46)53-44/h8,10,16-17,31,33,37-39,41-44,46-47,49-51H,3-7,9,11-15,18-30,32,34-36H2,1-2H3,(H,45,48)/b10-8+,17-16-,33-31+. The molecule has 1 heterocycles. The van der Waals surface area contributed by atoms with E-state index in [1.165, 1.54) is 116 Å². The topological polar surface area (TPSA) is 149 Å². The normalized spacial score (nSPS) is 22.0. The molecule has 53 heavy (non-hydrogen) atoms. The van der Waals surface area contributed by atoms with Gasteiger partial charge in [0, 0.05) is 6.42 Å². The summed E-state index contributed by atoms with van der Waals surface area (Å²) in [7, 11) is 0. The van der Waals surface area contributed by atoms with Crippen molar-refractivity contribution in [2.75, 3.05) is 13.2 Å². The van der Waals surface area contributed by atoms with Crippen molar-refractivity contribution in [3.05, 3.63) is 36.5 Å². The predicted molar refractivity (Wildman–Crippen MR) is 216 cm³/mol. The van der Waals surface area contributed by atoms with Crippen LogP contribution >= 0.6 is 0 Å². The highest BCUT2D eigenvalue weighted by Gasteiger charge is 2.44. The van der Waals surface area contributed by atoms with Crippen molar-refractivity contribution in [3.8, 4) is 0 Å².